The molecule has 0 saturated carbocycles. The summed E-state index contributed by atoms with van der Waals surface area (Å²) in [6, 6.07) is 13.8. The summed E-state index contributed by atoms with van der Waals surface area (Å²) in [4.78, 5) is 20.8. The van der Waals surface area contributed by atoms with Crippen LogP contribution < -0.4 is 5.32 Å². The van der Waals surface area contributed by atoms with Crippen LogP contribution in [0, 0.1) is 12.7 Å². The SMILES string of the molecule is Cc1nccc(NCc2nc(-c3cccc(F)c3)c(-c3ccccn3)[nH]2)n1. The number of benzene rings is 1. The number of hydrogen-bond acceptors (Lipinski definition) is 5. The number of aromatic nitrogens is 5. The van der Waals surface area contributed by atoms with Crippen molar-refractivity contribution >= 4 is 5.82 Å². The molecule has 4 rings (SSSR count). The summed E-state index contributed by atoms with van der Waals surface area (Å²) >= 11 is 0. The van der Waals surface area contributed by atoms with E-state index in [-0.39, 0.29) is 5.82 Å². The molecule has 3 heterocycles. The average Bonchev–Trinajstić information content (AvgIpc) is 3.12. The molecule has 1 aromatic carbocycles. The highest BCUT2D eigenvalue weighted by atomic mass is 19.1. The zero-order valence-corrected chi connectivity index (χ0v) is 14.6. The van der Waals surface area contributed by atoms with Gasteiger partial charge in [0, 0.05) is 18.0 Å². The minimum atomic E-state index is -0.307. The fourth-order valence-electron chi connectivity index (χ4n) is 2.78. The van der Waals surface area contributed by atoms with Crippen molar-refractivity contribution in [1.82, 2.24) is 24.9 Å². The van der Waals surface area contributed by atoms with E-state index in [2.05, 4.69) is 30.2 Å². The number of H-pyrrole nitrogens is 1. The van der Waals surface area contributed by atoms with E-state index in [1.165, 1.54) is 12.1 Å². The fraction of sp³-hybridized carbons (Fsp3) is 0.100. The smallest absolute Gasteiger partial charge is 0.130 e. The van der Waals surface area contributed by atoms with Crippen LogP contribution in [0.4, 0.5) is 10.2 Å². The maximum Gasteiger partial charge on any atom is 0.130 e. The Kier molecular flexibility index (Phi) is 4.57. The Morgan fingerprint density at radius 3 is 2.70 bits per heavy atom. The van der Waals surface area contributed by atoms with Gasteiger partial charge in [-0.05, 0) is 37.3 Å². The zero-order valence-electron chi connectivity index (χ0n) is 14.6. The Morgan fingerprint density at radius 2 is 1.93 bits per heavy atom. The molecule has 0 aliphatic heterocycles. The fourth-order valence-corrected chi connectivity index (χ4v) is 2.78. The summed E-state index contributed by atoms with van der Waals surface area (Å²) in [6.07, 6.45) is 3.41. The molecule has 0 aliphatic rings. The van der Waals surface area contributed by atoms with E-state index < -0.39 is 0 Å². The lowest BCUT2D eigenvalue weighted by atomic mass is 10.1. The first-order chi connectivity index (χ1) is 13.2. The van der Waals surface area contributed by atoms with Crippen LogP contribution in [0.1, 0.15) is 11.6 Å². The van der Waals surface area contributed by atoms with Crippen LogP contribution >= 0.6 is 0 Å². The normalized spacial score (nSPS) is 10.7. The Hall–Kier alpha value is -3.61. The number of anilines is 1. The largest absolute Gasteiger partial charge is 0.363 e. The van der Waals surface area contributed by atoms with Crippen LogP contribution in [0.3, 0.4) is 0 Å². The topological polar surface area (TPSA) is 79.4 Å². The number of rotatable bonds is 5. The summed E-state index contributed by atoms with van der Waals surface area (Å²) in [6.45, 7) is 2.27. The number of hydrogen-bond donors (Lipinski definition) is 2. The number of nitrogens with zero attached hydrogens (tertiary/aromatic N) is 4. The third-order valence-electron chi connectivity index (χ3n) is 3.98. The van der Waals surface area contributed by atoms with E-state index >= 15 is 0 Å². The molecule has 7 heteroatoms. The average molecular weight is 360 g/mol. The maximum absolute atomic E-state index is 13.7. The van der Waals surface area contributed by atoms with Gasteiger partial charge < -0.3 is 10.3 Å². The molecular weight excluding hydrogens is 343 g/mol. The molecular formula is C20H17FN6. The Morgan fingerprint density at radius 1 is 1.00 bits per heavy atom. The molecule has 6 nitrogen and oxygen atoms in total. The van der Waals surface area contributed by atoms with E-state index in [1.54, 1.807) is 24.5 Å². The van der Waals surface area contributed by atoms with Crippen molar-refractivity contribution in [2.45, 2.75) is 13.5 Å². The van der Waals surface area contributed by atoms with Crippen molar-refractivity contribution in [2.24, 2.45) is 0 Å². The lowest BCUT2D eigenvalue weighted by Gasteiger charge is -2.03. The van der Waals surface area contributed by atoms with Crippen LogP contribution in [0.5, 0.6) is 0 Å². The van der Waals surface area contributed by atoms with Gasteiger partial charge >= 0.3 is 0 Å². The monoisotopic (exact) mass is 360 g/mol. The molecule has 0 spiro atoms. The van der Waals surface area contributed by atoms with Crippen molar-refractivity contribution < 1.29 is 4.39 Å². The summed E-state index contributed by atoms with van der Waals surface area (Å²) in [5, 5.41) is 3.22. The standard InChI is InChI=1S/C20H17FN6/c1-13-22-10-8-17(25-13)24-12-18-26-19(14-5-4-6-15(21)11-14)20(27-18)16-7-2-3-9-23-16/h2-11H,12H2,1H3,(H,26,27)(H,22,24,25). The molecule has 134 valence electrons. The van der Waals surface area contributed by atoms with Crippen molar-refractivity contribution in [3.8, 4) is 22.6 Å². The molecule has 0 saturated heterocycles. The number of imidazole rings is 1. The number of pyridine rings is 1. The number of nitrogens with one attached hydrogen (secondary N) is 2. The number of halogens is 1. The minimum Gasteiger partial charge on any atom is -0.363 e. The van der Waals surface area contributed by atoms with Gasteiger partial charge in [0.2, 0.25) is 0 Å². The molecule has 2 N–H and O–H groups in total. The molecule has 0 radical (unpaired) electrons. The van der Waals surface area contributed by atoms with E-state index in [0.717, 1.165) is 11.4 Å². The molecule has 3 aromatic heterocycles. The number of aryl methyl sites for hydroxylation is 1. The molecule has 0 aliphatic carbocycles. The van der Waals surface area contributed by atoms with E-state index in [1.807, 2.05) is 31.2 Å². The molecule has 0 bridgehead atoms. The Balaban J connectivity index is 1.69. The molecule has 0 atom stereocenters. The van der Waals surface area contributed by atoms with Crippen LogP contribution in [-0.2, 0) is 6.54 Å². The number of aromatic amines is 1. The van der Waals surface area contributed by atoms with Gasteiger partial charge in [0.25, 0.3) is 0 Å². The highest BCUT2D eigenvalue weighted by Gasteiger charge is 2.15. The third kappa shape index (κ3) is 3.82. The zero-order chi connectivity index (χ0) is 18.6. The van der Waals surface area contributed by atoms with Gasteiger partial charge in [-0.3, -0.25) is 4.98 Å². The maximum atomic E-state index is 13.7. The summed E-state index contributed by atoms with van der Waals surface area (Å²) in [5.74, 6) is 1.80. The molecule has 0 fully saturated rings. The van der Waals surface area contributed by atoms with E-state index in [4.69, 9.17) is 0 Å². The summed E-state index contributed by atoms with van der Waals surface area (Å²) < 4.78 is 13.7. The quantitative estimate of drug-likeness (QED) is 0.563. The van der Waals surface area contributed by atoms with Gasteiger partial charge in [-0.2, -0.15) is 0 Å². The summed E-state index contributed by atoms with van der Waals surface area (Å²) in [7, 11) is 0. The molecule has 0 amide bonds. The van der Waals surface area contributed by atoms with Crippen LogP contribution in [-0.4, -0.2) is 24.9 Å². The highest BCUT2D eigenvalue weighted by molar-refractivity contribution is 5.76. The predicted octanol–water partition coefficient (Wildman–Crippen LogP) is 3.99. The first-order valence-corrected chi connectivity index (χ1v) is 8.49. The van der Waals surface area contributed by atoms with Crippen molar-refractivity contribution in [3.63, 3.8) is 0 Å². The van der Waals surface area contributed by atoms with Gasteiger partial charge in [-0.1, -0.05) is 18.2 Å². The lowest BCUT2D eigenvalue weighted by molar-refractivity contribution is 0.628. The van der Waals surface area contributed by atoms with Crippen LogP contribution in [0.25, 0.3) is 22.6 Å². The van der Waals surface area contributed by atoms with Crippen molar-refractivity contribution in [2.75, 3.05) is 5.32 Å². The van der Waals surface area contributed by atoms with Crippen LogP contribution in [0.15, 0.2) is 60.9 Å². The van der Waals surface area contributed by atoms with Crippen LogP contribution in [0.2, 0.25) is 0 Å². The van der Waals surface area contributed by atoms with Gasteiger partial charge in [0.15, 0.2) is 0 Å². The Labute approximate surface area is 155 Å². The molecule has 4 aromatic rings. The van der Waals surface area contributed by atoms with Crippen molar-refractivity contribution in [1.29, 1.82) is 0 Å². The second-order valence-electron chi connectivity index (χ2n) is 5.98. The third-order valence-corrected chi connectivity index (χ3v) is 3.98. The summed E-state index contributed by atoms with van der Waals surface area (Å²) in [5.41, 5.74) is 2.84. The lowest BCUT2D eigenvalue weighted by Crippen LogP contribution is -2.04. The van der Waals surface area contributed by atoms with Gasteiger partial charge in [-0.25, -0.2) is 19.3 Å². The second kappa shape index (κ2) is 7.33. The Bertz CT molecular complexity index is 1060. The van der Waals surface area contributed by atoms with Gasteiger partial charge in [0.05, 0.1) is 23.6 Å². The van der Waals surface area contributed by atoms with Gasteiger partial charge in [-0.15, -0.1) is 0 Å². The van der Waals surface area contributed by atoms with Gasteiger partial charge in [0.1, 0.15) is 23.3 Å². The minimum absolute atomic E-state index is 0.307. The first kappa shape index (κ1) is 16.8. The van der Waals surface area contributed by atoms with Crippen molar-refractivity contribution in [3.05, 3.63) is 78.4 Å². The van der Waals surface area contributed by atoms with E-state index in [0.29, 0.717) is 35.3 Å². The second-order valence-corrected chi connectivity index (χ2v) is 5.98. The highest BCUT2D eigenvalue weighted by Crippen LogP contribution is 2.29. The van der Waals surface area contributed by atoms with E-state index in [9.17, 15) is 4.39 Å². The molecule has 0 unspecified atom stereocenters. The molecule has 27 heavy (non-hydrogen) atoms. The first-order valence-electron chi connectivity index (χ1n) is 8.49. The predicted molar refractivity (Wildman–Crippen MR) is 101 cm³/mol.